The Hall–Kier alpha value is -0.750. The Balaban J connectivity index is 2.97. The van der Waals surface area contributed by atoms with Crippen molar-refractivity contribution in [3.63, 3.8) is 0 Å². The van der Waals surface area contributed by atoms with Crippen molar-refractivity contribution in [3.8, 4) is 6.07 Å². The van der Waals surface area contributed by atoms with Crippen molar-refractivity contribution in [3.05, 3.63) is 33.8 Å². The molecule has 1 rings (SSSR count). The Morgan fingerprint density at radius 3 is 2.47 bits per heavy atom. The smallest absolute Gasteiger partial charge is 0.124 e. The number of hydrogen-bond acceptors (Lipinski definition) is 2. The van der Waals surface area contributed by atoms with E-state index in [1.165, 1.54) is 0 Å². The molecule has 0 fully saturated rings. The van der Waals surface area contributed by atoms with Gasteiger partial charge in [-0.1, -0.05) is 36.2 Å². The van der Waals surface area contributed by atoms with Gasteiger partial charge in [-0.3, -0.25) is 5.32 Å². The largest absolute Gasteiger partial charge is 0.298 e. The zero-order valence-electron chi connectivity index (χ0n) is 8.43. The third kappa shape index (κ3) is 3.10. The van der Waals surface area contributed by atoms with Gasteiger partial charge in [0.05, 0.1) is 6.07 Å². The molecule has 1 N–H and O–H groups in total. The second kappa shape index (κ2) is 5.97. The Morgan fingerprint density at radius 1 is 1.40 bits per heavy atom. The summed E-state index contributed by atoms with van der Waals surface area (Å²) in [6.45, 7) is 2.80. The van der Waals surface area contributed by atoms with Crippen LogP contribution in [-0.4, -0.2) is 6.54 Å². The zero-order chi connectivity index (χ0) is 11.3. The van der Waals surface area contributed by atoms with Crippen LogP contribution in [0.1, 0.15) is 24.9 Å². The summed E-state index contributed by atoms with van der Waals surface area (Å²) in [5, 5.41) is 13.2. The Bertz CT molecular complexity index is 351. The summed E-state index contributed by atoms with van der Waals surface area (Å²) in [6.07, 6.45) is 0.959. The number of halogens is 2. The minimum atomic E-state index is -0.439. The lowest BCUT2D eigenvalue weighted by atomic mass is 10.1. The Kier molecular flexibility index (Phi) is 4.90. The van der Waals surface area contributed by atoms with E-state index in [0.29, 0.717) is 15.6 Å². The summed E-state index contributed by atoms with van der Waals surface area (Å²) in [7, 11) is 0. The van der Waals surface area contributed by atoms with Crippen LogP contribution in [0, 0.1) is 11.3 Å². The van der Waals surface area contributed by atoms with Crippen LogP contribution in [0.4, 0.5) is 0 Å². The third-order valence-electron chi connectivity index (χ3n) is 2.02. The molecule has 0 aromatic heterocycles. The minimum Gasteiger partial charge on any atom is -0.298 e. The lowest BCUT2D eigenvalue weighted by Crippen LogP contribution is -2.21. The molecular formula is C11H12Cl2N2. The first-order chi connectivity index (χ1) is 7.20. The van der Waals surface area contributed by atoms with Crippen LogP contribution in [0.5, 0.6) is 0 Å². The quantitative estimate of drug-likeness (QED) is 0.877. The maximum atomic E-state index is 9.03. The summed E-state index contributed by atoms with van der Waals surface area (Å²) >= 11 is 12.0. The highest BCUT2D eigenvalue weighted by molar-refractivity contribution is 6.36. The molecule has 2 nitrogen and oxygen atoms in total. The fraction of sp³-hybridized carbons (Fsp3) is 0.364. The van der Waals surface area contributed by atoms with Crippen LogP contribution >= 0.6 is 23.2 Å². The molecule has 15 heavy (non-hydrogen) atoms. The van der Waals surface area contributed by atoms with Gasteiger partial charge in [0, 0.05) is 15.6 Å². The van der Waals surface area contributed by atoms with Crippen molar-refractivity contribution >= 4 is 23.2 Å². The van der Waals surface area contributed by atoms with Crippen molar-refractivity contribution in [1.29, 1.82) is 5.26 Å². The number of nitriles is 1. The summed E-state index contributed by atoms with van der Waals surface area (Å²) < 4.78 is 0. The monoisotopic (exact) mass is 242 g/mol. The van der Waals surface area contributed by atoms with Crippen LogP contribution in [0.3, 0.4) is 0 Å². The summed E-state index contributed by atoms with van der Waals surface area (Å²) in [5.74, 6) is 0. The van der Waals surface area contributed by atoms with Gasteiger partial charge < -0.3 is 0 Å². The standard InChI is InChI=1S/C11H12Cl2N2/c1-2-6-15-10(7-14)11-8(12)4-3-5-9(11)13/h3-5,10,15H,2,6H2,1H3. The number of hydrogen-bond donors (Lipinski definition) is 1. The van der Waals surface area contributed by atoms with Gasteiger partial charge in [-0.25, -0.2) is 0 Å². The van der Waals surface area contributed by atoms with E-state index in [-0.39, 0.29) is 0 Å². The number of nitrogens with one attached hydrogen (secondary N) is 1. The SMILES string of the molecule is CCCNC(C#N)c1c(Cl)cccc1Cl. The van der Waals surface area contributed by atoms with Gasteiger partial charge in [0.15, 0.2) is 0 Å². The molecule has 0 radical (unpaired) electrons. The van der Waals surface area contributed by atoms with Crippen LogP contribution in [0.15, 0.2) is 18.2 Å². The van der Waals surface area contributed by atoms with Gasteiger partial charge in [-0.15, -0.1) is 0 Å². The van der Waals surface area contributed by atoms with Gasteiger partial charge in [0.2, 0.25) is 0 Å². The van der Waals surface area contributed by atoms with E-state index in [1.807, 2.05) is 6.92 Å². The summed E-state index contributed by atoms with van der Waals surface area (Å²) in [5.41, 5.74) is 0.664. The molecule has 0 aliphatic carbocycles. The molecule has 1 aromatic carbocycles. The molecule has 0 bridgehead atoms. The average molecular weight is 243 g/mol. The molecule has 0 aliphatic rings. The van der Waals surface area contributed by atoms with Crippen LogP contribution < -0.4 is 5.32 Å². The molecule has 1 aromatic rings. The molecule has 1 unspecified atom stereocenters. The van der Waals surface area contributed by atoms with Gasteiger partial charge in [0.25, 0.3) is 0 Å². The molecule has 0 amide bonds. The summed E-state index contributed by atoms with van der Waals surface area (Å²) in [6, 6.07) is 6.96. The minimum absolute atomic E-state index is 0.439. The molecular weight excluding hydrogens is 231 g/mol. The first-order valence-electron chi connectivity index (χ1n) is 4.77. The molecule has 0 saturated heterocycles. The molecule has 0 spiro atoms. The van der Waals surface area contributed by atoms with E-state index in [2.05, 4.69) is 11.4 Å². The van der Waals surface area contributed by atoms with Crippen molar-refractivity contribution in [1.82, 2.24) is 5.32 Å². The maximum absolute atomic E-state index is 9.03. The first kappa shape index (κ1) is 12.3. The van der Waals surface area contributed by atoms with E-state index in [0.717, 1.165) is 13.0 Å². The molecule has 0 aliphatic heterocycles. The van der Waals surface area contributed by atoms with E-state index < -0.39 is 6.04 Å². The van der Waals surface area contributed by atoms with E-state index >= 15 is 0 Å². The topological polar surface area (TPSA) is 35.8 Å². The number of rotatable bonds is 4. The number of nitrogens with zero attached hydrogens (tertiary/aromatic N) is 1. The van der Waals surface area contributed by atoms with Gasteiger partial charge in [-0.2, -0.15) is 5.26 Å². The molecule has 4 heteroatoms. The Labute approximate surface area is 99.8 Å². The average Bonchev–Trinajstić information content (AvgIpc) is 2.22. The first-order valence-corrected chi connectivity index (χ1v) is 5.53. The van der Waals surface area contributed by atoms with Crippen LogP contribution in [0.25, 0.3) is 0 Å². The van der Waals surface area contributed by atoms with Gasteiger partial charge in [-0.05, 0) is 25.1 Å². The molecule has 1 atom stereocenters. The maximum Gasteiger partial charge on any atom is 0.124 e. The summed E-state index contributed by atoms with van der Waals surface area (Å²) in [4.78, 5) is 0. The Morgan fingerprint density at radius 2 is 2.00 bits per heavy atom. The van der Waals surface area contributed by atoms with Crippen LogP contribution in [0.2, 0.25) is 10.0 Å². The number of benzene rings is 1. The second-order valence-corrected chi connectivity index (χ2v) is 3.97. The third-order valence-corrected chi connectivity index (χ3v) is 2.68. The molecule has 0 heterocycles. The molecule has 0 saturated carbocycles. The van der Waals surface area contributed by atoms with E-state index in [1.54, 1.807) is 18.2 Å². The normalized spacial score (nSPS) is 12.1. The zero-order valence-corrected chi connectivity index (χ0v) is 9.94. The predicted octanol–water partition coefficient (Wildman–Crippen LogP) is 3.56. The van der Waals surface area contributed by atoms with Gasteiger partial charge in [0.1, 0.15) is 6.04 Å². The molecule has 80 valence electrons. The van der Waals surface area contributed by atoms with Crippen LogP contribution in [-0.2, 0) is 0 Å². The van der Waals surface area contributed by atoms with Crippen molar-refractivity contribution in [2.45, 2.75) is 19.4 Å². The highest BCUT2D eigenvalue weighted by Gasteiger charge is 2.16. The van der Waals surface area contributed by atoms with Crippen molar-refractivity contribution in [2.24, 2.45) is 0 Å². The lowest BCUT2D eigenvalue weighted by molar-refractivity contribution is 0.621. The fourth-order valence-electron chi connectivity index (χ4n) is 1.29. The predicted molar refractivity (Wildman–Crippen MR) is 63.1 cm³/mol. The second-order valence-electron chi connectivity index (χ2n) is 3.15. The van der Waals surface area contributed by atoms with Crippen molar-refractivity contribution < 1.29 is 0 Å². The lowest BCUT2D eigenvalue weighted by Gasteiger charge is -2.14. The van der Waals surface area contributed by atoms with E-state index in [9.17, 15) is 0 Å². The van der Waals surface area contributed by atoms with E-state index in [4.69, 9.17) is 28.5 Å². The van der Waals surface area contributed by atoms with Gasteiger partial charge >= 0.3 is 0 Å². The highest BCUT2D eigenvalue weighted by atomic mass is 35.5. The highest BCUT2D eigenvalue weighted by Crippen LogP contribution is 2.29. The van der Waals surface area contributed by atoms with Crippen molar-refractivity contribution in [2.75, 3.05) is 6.54 Å². The fourth-order valence-corrected chi connectivity index (χ4v) is 1.90.